The molecule has 7 nitrogen and oxygen atoms in total. The first kappa shape index (κ1) is 28.0. The molecule has 0 bridgehead atoms. The molecule has 206 valence electrons. The minimum absolute atomic E-state index is 0.0108. The number of aliphatic hydroxyl groups excluding tert-OH is 2. The van der Waals surface area contributed by atoms with Gasteiger partial charge in [-0.15, -0.1) is 0 Å². The fourth-order valence-electron chi connectivity index (χ4n) is 5.09. The third-order valence-electron chi connectivity index (χ3n) is 7.62. The number of rotatable bonds is 9. The van der Waals surface area contributed by atoms with Crippen molar-refractivity contribution in [1.29, 1.82) is 0 Å². The van der Waals surface area contributed by atoms with E-state index in [0.29, 0.717) is 34.1 Å². The highest BCUT2D eigenvalue weighted by molar-refractivity contribution is 6.30. The van der Waals surface area contributed by atoms with E-state index in [0.717, 1.165) is 0 Å². The Hall–Kier alpha value is -2.59. The summed E-state index contributed by atoms with van der Waals surface area (Å²) in [5, 5.41) is 32.1. The van der Waals surface area contributed by atoms with Crippen molar-refractivity contribution >= 4 is 29.1 Å². The molecule has 1 aliphatic heterocycles. The van der Waals surface area contributed by atoms with Crippen molar-refractivity contribution in [2.24, 2.45) is 5.41 Å². The molecule has 10 heteroatoms. The van der Waals surface area contributed by atoms with Crippen LogP contribution < -0.4 is 0 Å². The summed E-state index contributed by atoms with van der Waals surface area (Å²) in [6.07, 6.45) is 2.82. The second-order valence-corrected chi connectivity index (χ2v) is 11.7. The van der Waals surface area contributed by atoms with Crippen LogP contribution in [0.4, 0.5) is 4.39 Å². The van der Waals surface area contributed by atoms with Crippen LogP contribution in [0.2, 0.25) is 10.0 Å². The molecule has 5 rings (SSSR count). The summed E-state index contributed by atoms with van der Waals surface area (Å²) in [6.45, 7) is 2.33. The van der Waals surface area contributed by atoms with Crippen molar-refractivity contribution in [3.63, 3.8) is 0 Å². The predicted molar refractivity (Wildman–Crippen MR) is 144 cm³/mol. The van der Waals surface area contributed by atoms with E-state index in [2.05, 4.69) is 4.98 Å². The maximum Gasteiger partial charge on any atom is 0.257 e. The van der Waals surface area contributed by atoms with Crippen molar-refractivity contribution in [3.05, 3.63) is 98.5 Å². The first-order chi connectivity index (χ1) is 18.5. The van der Waals surface area contributed by atoms with Crippen molar-refractivity contribution in [2.75, 3.05) is 19.8 Å². The monoisotopic (exact) mass is 574 g/mol. The Balaban J connectivity index is 1.80. The molecule has 1 aromatic heterocycles. The topological polar surface area (TPSA) is 103 Å². The van der Waals surface area contributed by atoms with Crippen LogP contribution in [0.1, 0.15) is 65.5 Å². The Labute approximate surface area is 235 Å². The highest BCUT2D eigenvalue weighted by Gasteiger charge is 2.58. The third kappa shape index (κ3) is 4.84. The largest absolute Gasteiger partial charge is 0.396 e. The van der Waals surface area contributed by atoms with Crippen molar-refractivity contribution in [3.8, 4) is 0 Å². The standard InChI is InChI=1S/C29H29Cl2FN2O5/c1-27(2,38)18-11-21-25(22(32)12-18)29(17-3-5-19(30)6-4-17,39-16-28(15-36)9-10-28)34(26(21)37)24(14-35)23-8-7-20(31)13-33-23/h3-8,11-13,24,35-36,38H,9-10,14-16H2,1-2H3/t24-,29+/m0/s1. The first-order valence-corrected chi connectivity index (χ1v) is 13.3. The summed E-state index contributed by atoms with van der Waals surface area (Å²) < 4.78 is 22.9. The van der Waals surface area contributed by atoms with Gasteiger partial charge in [0.25, 0.3) is 5.91 Å². The number of hydrogen-bond donors (Lipinski definition) is 3. The fourth-order valence-corrected chi connectivity index (χ4v) is 5.32. The van der Waals surface area contributed by atoms with Crippen LogP contribution in [-0.4, -0.2) is 50.9 Å². The average Bonchev–Trinajstić information content (AvgIpc) is 3.64. The zero-order chi connectivity index (χ0) is 28.2. The maximum atomic E-state index is 16.3. The minimum atomic E-state index is -1.85. The molecule has 1 saturated carbocycles. The molecule has 1 aliphatic carbocycles. The summed E-state index contributed by atoms with van der Waals surface area (Å²) in [6, 6.07) is 11.3. The number of amides is 1. The normalized spacial score (nSPS) is 20.7. The van der Waals surface area contributed by atoms with Crippen LogP contribution in [0.5, 0.6) is 0 Å². The van der Waals surface area contributed by atoms with Gasteiger partial charge in [-0.3, -0.25) is 14.7 Å². The number of nitrogens with zero attached hydrogens (tertiary/aromatic N) is 2. The van der Waals surface area contributed by atoms with Crippen LogP contribution in [-0.2, 0) is 16.1 Å². The molecule has 1 fully saturated rings. The zero-order valence-electron chi connectivity index (χ0n) is 21.5. The maximum absolute atomic E-state index is 16.3. The molecule has 2 aromatic carbocycles. The van der Waals surface area contributed by atoms with Gasteiger partial charge in [-0.25, -0.2) is 4.39 Å². The number of benzene rings is 2. The van der Waals surface area contributed by atoms with Crippen LogP contribution in [0.3, 0.4) is 0 Å². The molecule has 1 amide bonds. The SMILES string of the molecule is CC(C)(O)c1cc(F)c2c(c1)C(=O)N([C@@H](CO)c1ccc(Cl)cn1)[C@@]2(OCC1(CO)CC1)c1ccc(Cl)cc1. The Kier molecular flexibility index (Phi) is 7.24. The number of halogens is 3. The van der Waals surface area contributed by atoms with Gasteiger partial charge in [-0.05, 0) is 68.7 Å². The van der Waals surface area contributed by atoms with Gasteiger partial charge < -0.3 is 20.1 Å². The van der Waals surface area contributed by atoms with E-state index in [4.69, 9.17) is 27.9 Å². The Bertz CT molecular complexity index is 1390. The smallest absolute Gasteiger partial charge is 0.257 e. The van der Waals surface area contributed by atoms with Gasteiger partial charge >= 0.3 is 0 Å². The minimum Gasteiger partial charge on any atom is -0.396 e. The second-order valence-electron chi connectivity index (χ2n) is 10.8. The lowest BCUT2D eigenvalue weighted by atomic mass is 9.88. The molecule has 2 heterocycles. The predicted octanol–water partition coefficient (Wildman–Crippen LogP) is 4.93. The van der Waals surface area contributed by atoms with E-state index in [1.54, 1.807) is 36.4 Å². The Morgan fingerprint density at radius 1 is 1.10 bits per heavy atom. The highest BCUT2D eigenvalue weighted by Crippen LogP contribution is 2.54. The lowest BCUT2D eigenvalue weighted by Crippen LogP contribution is -2.51. The molecule has 0 spiro atoms. The van der Waals surface area contributed by atoms with Crippen molar-refractivity contribution in [1.82, 2.24) is 9.88 Å². The van der Waals surface area contributed by atoms with Crippen molar-refractivity contribution < 1.29 is 29.2 Å². The Morgan fingerprint density at radius 3 is 2.31 bits per heavy atom. The third-order valence-corrected chi connectivity index (χ3v) is 8.09. The number of carbonyl (C=O) groups is 1. The lowest BCUT2D eigenvalue weighted by molar-refractivity contribution is -0.145. The second kappa shape index (κ2) is 10.1. The summed E-state index contributed by atoms with van der Waals surface area (Å²) in [5.41, 5.74) is -2.94. The number of hydrogen-bond acceptors (Lipinski definition) is 6. The van der Waals surface area contributed by atoms with Crippen LogP contribution in [0.15, 0.2) is 54.7 Å². The van der Waals surface area contributed by atoms with Gasteiger partial charge in [0.05, 0.1) is 47.3 Å². The molecular formula is C29H29Cl2FN2O5. The number of pyridine rings is 1. The molecule has 2 atom stereocenters. The van der Waals surface area contributed by atoms with Gasteiger partial charge in [-0.1, -0.05) is 35.3 Å². The lowest BCUT2D eigenvalue weighted by Gasteiger charge is -2.43. The molecule has 3 aromatic rings. The number of aromatic nitrogens is 1. The number of carbonyl (C=O) groups excluding carboxylic acids is 1. The van der Waals surface area contributed by atoms with Gasteiger partial charge in [0, 0.05) is 22.2 Å². The molecule has 0 unspecified atom stereocenters. The van der Waals surface area contributed by atoms with Crippen molar-refractivity contribution in [2.45, 2.75) is 44.1 Å². The van der Waals surface area contributed by atoms with E-state index in [1.165, 1.54) is 37.1 Å². The van der Waals surface area contributed by atoms with E-state index in [1.807, 2.05) is 0 Å². The number of fused-ring (bicyclic) bond motifs is 1. The molecule has 3 N–H and O–H groups in total. The summed E-state index contributed by atoms with van der Waals surface area (Å²) in [7, 11) is 0. The summed E-state index contributed by atoms with van der Waals surface area (Å²) in [4.78, 5) is 19.9. The number of aliphatic hydroxyl groups is 3. The first-order valence-electron chi connectivity index (χ1n) is 12.6. The molecule has 0 saturated heterocycles. The molecular weight excluding hydrogens is 546 g/mol. The number of ether oxygens (including phenoxy) is 1. The van der Waals surface area contributed by atoms with E-state index in [-0.39, 0.29) is 29.9 Å². The van der Waals surface area contributed by atoms with Gasteiger partial charge in [-0.2, -0.15) is 0 Å². The quantitative estimate of drug-likeness (QED) is 0.334. The Morgan fingerprint density at radius 2 is 1.77 bits per heavy atom. The summed E-state index contributed by atoms with van der Waals surface area (Å²) in [5.74, 6) is -1.38. The zero-order valence-corrected chi connectivity index (χ0v) is 23.0. The van der Waals surface area contributed by atoms with Gasteiger partial charge in [0.1, 0.15) is 11.9 Å². The van der Waals surface area contributed by atoms with E-state index in [9.17, 15) is 20.1 Å². The molecule has 39 heavy (non-hydrogen) atoms. The average molecular weight is 575 g/mol. The molecule has 2 aliphatic rings. The van der Waals surface area contributed by atoms with Crippen LogP contribution in [0.25, 0.3) is 0 Å². The van der Waals surface area contributed by atoms with Gasteiger partial charge in [0.15, 0.2) is 0 Å². The van der Waals surface area contributed by atoms with Crippen LogP contribution in [0, 0.1) is 11.2 Å². The van der Waals surface area contributed by atoms with Crippen LogP contribution >= 0.6 is 23.2 Å². The fraction of sp³-hybridized carbons (Fsp3) is 0.379. The highest BCUT2D eigenvalue weighted by atomic mass is 35.5. The van der Waals surface area contributed by atoms with E-state index < -0.39 is 41.1 Å². The van der Waals surface area contributed by atoms with Gasteiger partial charge in [0.2, 0.25) is 5.72 Å². The summed E-state index contributed by atoms with van der Waals surface area (Å²) >= 11 is 12.2. The molecule has 0 radical (unpaired) electrons. The van der Waals surface area contributed by atoms with E-state index >= 15 is 4.39 Å².